The molecular weight excluding hydrogens is 264 g/mol. The van der Waals surface area contributed by atoms with E-state index in [1.807, 2.05) is 56.0 Å². The van der Waals surface area contributed by atoms with E-state index >= 15 is 0 Å². The van der Waals surface area contributed by atoms with Gasteiger partial charge >= 0.3 is 0 Å². The Morgan fingerprint density at radius 2 is 1.95 bits per heavy atom. The van der Waals surface area contributed by atoms with Gasteiger partial charge in [0.1, 0.15) is 12.0 Å². The summed E-state index contributed by atoms with van der Waals surface area (Å²) in [7, 11) is 1.94. The molecule has 0 amide bonds. The number of hydrogen-bond acceptors (Lipinski definition) is 4. The fraction of sp³-hybridized carbons (Fsp3) is 0.250. The Labute approximate surface area is 123 Å². The van der Waals surface area contributed by atoms with E-state index in [9.17, 15) is 0 Å². The van der Waals surface area contributed by atoms with Crippen LogP contribution in [0.15, 0.2) is 41.1 Å². The summed E-state index contributed by atoms with van der Waals surface area (Å²) >= 11 is 0. The average molecular weight is 282 g/mol. The van der Waals surface area contributed by atoms with Gasteiger partial charge in [-0.1, -0.05) is 12.1 Å². The SMILES string of the molecule is Cc1nc(-c2ccc(NCc3cn(C)nc3C)cc2)co1. The van der Waals surface area contributed by atoms with Crippen LogP contribution < -0.4 is 5.32 Å². The first-order valence-electron chi connectivity index (χ1n) is 6.87. The van der Waals surface area contributed by atoms with Crippen molar-refractivity contribution in [2.45, 2.75) is 20.4 Å². The van der Waals surface area contributed by atoms with Crippen molar-refractivity contribution in [3.05, 3.63) is 53.9 Å². The Morgan fingerprint density at radius 3 is 2.52 bits per heavy atom. The standard InChI is InChI=1S/C16H18N4O/c1-11-14(9-20(3)19-11)8-17-15-6-4-13(5-7-15)16-10-21-12(2)18-16/h4-7,9-10,17H,8H2,1-3H3. The lowest BCUT2D eigenvalue weighted by atomic mass is 10.1. The van der Waals surface area contributed by atoms with Gasteiger partial charge in [0.05, 0.1) is 5.69 Å². The zero-order valence-electron chi connectivity index (χ0n) is 12.4. The van der Waals surface area contributed by atoms with Crippen molar-refractivity contribution in [2.75, 3.05) is 5.32 Å². The maximum atomic E-state index is 5.23. The van der Waals surface area contributed by atoms with Gasteiger partial charge in [0.25, 0.3) is 0 Å². The third-order valence-corrected chi connectivity index (χ3v) is 3.40. The summed E-state index contributed by atoms with van der Waals surface area (Å²) in [5.74, 6) is 0.680. The number of anilines is 1. The summed E-state index contributed by atoms with van der Waals surface area (Å²) in [6.07, 6.45) is 3.71. The molecule has 108 valence electrons. The summed E-state index contributed by atoms with van der Waals surface area (Å²) in [6, 6.07) is 8.17. The van der Waals surface area contributed by atoms with Crippen LogP contribution in [0.2, 0.25) is 0 Å². The second kappa shape index (κ2) is 5.44. The van der Waals surface area contributed by atoms with Crippen LogP contribution in [0, 0.1) is 13.8 Å². The van der Waals surface area contributed by atoms with Crippen molar-refractivity contribution in [3.8, 4) is 11.3 Å². The first kappa shape index (κ1) is 13.4. The van der Waals surface area contributed by atoms with Gasteiger partial charge < -0.3 is 9.73 Å². The minimum atomic E-state index is 0.680. The van der Waals surface area contributed by atoms with E-state index in [1.165, 1.54) is 5.56 Å². The monoisotopic (exact) mass is 282 g/mol. The van der Waals surface area contributed by atoms with Gasteiger partial charge in [0.15, 0.2) is 5.89 Å². The van der Waals surface area contributed by atoms with Gasteiger partial charge in [-0.2, -0.15) is 5.10 Å². The quantitative estimate of drug-likeness (QED) is 0.797. The molecule has 21 heavy (non-hydrogen) atoms. The van der Waals surface area contributed by atoms with Crippen LogP contribution in [0.3, 0.4) is 0 Å². The second-order valence-electron chi connectivity index (χ2n) is 5.10. The van der Waals surface area contributed by atoms with E-state index < -0.39 is 0 Å². The molecule has 0 aliphatic heterocycles. The molecule has 0 fully saturated rings. The minimum Gasteiger partial charge on any atom is -0.449 e. The van der Waals surface area contributed by atoms with Crippen LogP contribution in [0.1, 0.15) is 17.1 Å². The van der Waals surface area contributed by atoms with E-state index in [0.717, 1.165) is 29.2 Å². The summed E-state index contributed by atoms with van der Waals surface area (Å²) in [4.78, 5) is 4.32. The fourth-order valence-corrected chi connectivity index (χ4v) is 2.27. The minimum absolute atomic E-state index is 0.680. The van der Waals surface area contributed by atoms with E-state index in [1.54, 1.807) is 6.26 Å². The largest absolute Gasteiger partial charge is 0.449 e. The number of rotatable bonds is 4. The maximum absolute atomic E-state index is 5.23. The van der Waals surface area contributed by atoms with Crippen molar-refractivity contribution in [1.29, 1.82) is 0 Å². The fourth-order valence-electron chi connectivity index (χ4n) is 2.27. The highest BCUT2D eigenvalue weighted by molar-refractivity contribution is 5.61. The highest BCUT2D eigenvalue weighted by Crippen LogP contribution is 2.21. The summed E-state index contributed by atoms with van der Waals surface area (Å²) in [5.41, 5.74) is 5.24. The number of oxazole rings is 1. The number of nitrogens with zero attached hydrogens (tertiary/aromatic N) is 3. The number of hydrogen-bond donors (Lipinski definition) is 1. The van der Waals surface area contributed by atoms with Crippen LogP contribution in [-0.2, 0) is 13.6 Å². The number of aromatic nitrogens is 3. The van der Waals surface area contributed by atoms with Crippen LogP contribution >= 0.6 is 0 Å². The van der Waals surface area contributed by atoms with Crippen LogP contribution in [0.4, 0.5) is 5.69 Å². The average Bonchev–Trinajstić information content (AvgIpc) is 3.03. The van der Waals surface area contributed by atoms with Gasteiger partial charge in [-0.15, -0.1) is 0 Å². The molecule has 0 radical (unpaired) electrons. The summed E-state index contributed by atoms with van der Waals surface area (Å²) in [5, 5.41) is 7.74. The van der Waals surface area contributed by atoms with Crippen molar-refractivity contribution in [1.82, 2.24) is 14.8 Å². The van der Waals surface area contributed by atoms with Gasteiger partial charge in [-0.05, 0) is 19.1 Å². The molecule has 0 saturated heterocycles. The molecule has 0 aliphatic carbocycles. The normalized spacial score (nSPS) is 10.8. The van der Waals surface area contributed by atoms with Crippen molar-refractivity contribution >= 4 is 5.69 Å². The van der Waals surface area contributed by atoms with E-state index in [2.05, 4.69) is 15.4 Å². The Hall–Kier alpha value is -2.56. The Balaban J connectivity index is 1.68. The van der Waals surface area contributed by atoms with Crippen LogP contribution in [0.25, 0.3) is 11.3 Å². The molecule has 0 bridgehead atoms. The van der Waals surface area contributed by atoms with Crippen molar-refractivity contribution in [2.24, 2.45) is 7.05 Å². The first-order valence-corrected chi connectivity index (χ1v) is 6.87. The third-order valence-electron chi connectivity index (χ3n) is 3.40. The molecule has 3 rings (SSSR count). The molecule has 0 unspecified atom stereocenters. The predicted molar refractivity (Wildman–Crippen MR) is 81.9 cm³/mol. The molecule has 1 N–H and O–H groups in total. The summed E-state index contributed by atoms with van der Waals surface area (Å²) < 4.78 is 7.07. The predicted octanol–water partition coefficient (Wildman–Crippen LogP) is 3.30. The zero-order chi connectivity index (χ0) is 14.8. The Morgan fingerprint density at radius 1 is 1.19 bits per heavy atom. The molecule has 3 aromatic rings. The lowest BCUT2D eigenvalue weighted by Gasteiger charge is -2.06. The lowest BCUT2D eigenvalue weighted by Crippen LogP contribution is -1.99. The lowest BCUT2D eigenvalue weighted by molar-refractivity contribution is 0.521. The topological polar surface area (TPSA) is 55.9 Å². The molecule has 5 heteroatoms. The highest BCUT2D eigenvalue weighted by atomic mass is 16.3. The molecule has 2 aromatic heterocycles. The van der Waals surface area contributed by atoms with Gasteiger partial charge in [0.2, 0.25) is 0 Å². The Bertz CT molecular complexity index is 740. The smallest absolute Gasteiger partial charge is 0.191 e. The van der Waals surface area contributed by atoms with Crippen LogP contribution in [0.5, 0.6) is 0 Å². The molecule has 0 spiro atoms. The summed E-state index contributed by atoms with van der Waals surface area (Å²) in [6.45, 7) is 4.63. The van der Waals surface area contributed by atoms with Gasteiger partial charge in [0, 0.05) is 43.5 Å². The highest BCUT2D eigenvalue weighted by Gasteiger charge is 2.05. The molecule has 0 atom stereocenters. The molecule has 5 nitrogen and oxygen atoms in total. The zero-order valence-corrected chi connectivity index (χ0v) is 12.4. The number of nitrogens with one attached hydrogen (secondary N) is 1. The Kier molecular flexibility index (Phi) is 3.48. The van der Waals surface area contributed by atoms with Gasteiger partial charge in [-0.25, -0.2) is 4.98 Å². The van der Waals surface area contributed by atoms with Gasteiger partial charge in [-0.3, -0.25) is 4.68 Å². The van der Waals surface area contributed by atoms with E-state index in [4.69, 9.17) is 4.42 Å². The molecule has 2 heterocycles. The number of aryl methyl sites for hydroxylation is 3. The maximum Gasteiger partial charge on any atom is 0.191 e. The van der Waals surface area contributed by atoms with E-state index in [0.29, 0.717) is 5.89 Å². The number of benzene rings is 1. The molecule has 0 aliphatic rings. The molecular formula is C16H18N4O. The third kappa shape index (κ3) is 2.97. The molecule has 0 saturated carbocycles. The van der Waals surface area contributed by atoms with Crippen molar-refractivity contribution in [3.63, 3.8) is 0 Å². The molecule has 1 aromatic carbocycles. The van der Waals surface area contributed by atoms with Crippen LogP contribution in [-0.4, -0.2) is 14.8 Å². The first-order chi connectivity index (χ1) is 10.1. The van der Waals surface area contributed by atoms with Crippen molar-refractivity contribution < 1.29 is 4.42 Å². The van der Waals surface area contributed by atoms with E-state index in [-0.39, 0.29) is 0 Å². The second-order valence-corrected chi connectivity index (χ2v) is 5.10.